The normalized spacial score (nSPS) is 13.3. The van der Waals surface area contributed by atoms with Crippen molar-refractivity contribution in [2.75, 3.05) is 0 Å². The molecule has 0 fully saturated rings. The first-order valence-corrected chi connectivity index (χ1v) is 7.61. The highest BCUT2D eigenvalue weighted by Crippen LogP contribution is 2.29. The smallest absolute Gasteiger partial charge is 0.335 e. The minimum atomic E-state index is -0.946. The molecular formula is C14H10BrNO3S. The summed E-state index contributed by atoms with van der Waals surface area (Å²) in [5, 5.41) is 10.9. The van der Waals surface area contributed by atoms with Gasteiger partial charge in [0.1, 0.15) is 4.88 Å². The number of carbonyl (C=O) groups excluding carboxylic acids is 1. The molecule has 0 spiro atoms. The third kappa shape index (κ3) is 2.25. The zero-order valence-corrected chi connectivity index (χ0v) is 12.7. The molecule has 1 aliphatic rings. The number of hydrogen-bond acceptors (Lipinski definition) is 3. The molecule has 102 valence electrons. The molecule has 0 saturated heterocycles. The summed E-state index contributed by atoms with van der Waals surface area (Å²) in [4.78, 5) is 25.8. The van der Waals surface area contributed by atoms with Crippen molar-refractivity contribution in [2.45, 2.75) is 13.1 Å². The predicted octanol–water partition coefficient (Wildman–Crippen LogP) is 3.36. The van der Waals surface area contributed by atoms with E-state index in [9.17, 15) is 9.59 Å². The van der Waals surface area contributed by atoms with E-state index in [2.05, 4.69) is 15.9 Å². The van der Waals surface area contributed by atoms with Crippen LogP contribution >= 0.6 is 27.3 Å². The van der Waals surface area contributed by atoms with Crippen LogP contribution in [-0.2, 0) is 13.1 Å². The van der Waals surface area contributed by atoms with Gasteiger partial charge in [-0.05, 0) is 50.6 Å². The highest BCUT2D eigenvalue weighted by Gasteiger charge is 2.26. The SMILES string of the molecule is O=C(O)c1ccc2c(c1)CN(C(=O)c1sccc1Br)C2. The maximum atomic E-state index is 12.4. The summed E-state index contributed by atoms with van der Waals surface area (Å²) in [6.45, 7) is 0.984. The van der Waals surface area contributed by atoms with Gasteiger partial charge in [-0.2, -0.15) is 0 Å². The average Bonchev–Trinajstić information content (AvgIpc) is 3.02. The number of amides is 1. The molecule has 20 heavy (non-hydrogen) atoms. The van der Waals surface area contributed by atoms with Gasteiger partial charge in [0.2, 0.25) is 0 Å². The fraction of sp³-hybridized carbons (Fsp3) is 0.143. The maximum Gasteiger partial charge on any atom is 0.335 e. The Kier molecular flexibility index (Phi) is 3.35. The van der Waals surface area contributed by atoms with Crippen LogP contribution in [0.5, 0.6) is 0 Å². The minimum Gasteiger partial charge on any atom is -0.478 e. The predicted molar refractivity (Wildman–Crippen MR) is 79.0 cm³/mol. The first kappa shape index (κ1) is 13.3. The molecule has 0 bridgehead atoms. The Labute approximate surface area is 127 Å². The monoisotopic (exact) mass is 351 g/mol. The molecule has 0 atom stereocenters. The number of fused-ring (bicyclic) bond motifs is 1. The molecule has 2 aromatic rings. The van der Waals surface area contributed by atoms with Crippen LogP contribution in [0.2, 0.25) is 0 Å². The van der Waals surface area contributed by atoms with Crippen LogP contribution in [0.4, 0.5) is 0 Å². The van der Waals surface area contributed by atoms with Crippen molar-refractivity contribution in [3.8, 4) is 0 Å². The van der Waals surface area contributed by atoms with Crippen LogP contribution in [0.1, 0.15) is 31.2 Å². The fourth-order valence-corrected chi connectivity index (χ4v) is 3.77. The molecule has 1 N–H and O–H groups in total. The molecule has 3 rings (SSSR count). The van der Waals surface area contributed by atoms with E-state index in [-0.39, 0.29) is 11.5 Å². The lowest BCUT2D eigenvalue weighted by molar-refractivity contribution is 0.0696. The van der Waals surface area contributed by atoms with Gasteiger partial charge >= 0.3 is 5.97 Å². The second-order valence-corrected chi connectivity index (χ2v) is 6.32. The highest BCUT2D eigenvalue weighted by molar-refractivity contribution is 9.10. The van der Waals surface area contributed by atoms with Crippen LogP contribution in [0.15, 0.2) is 34.1 Å². The molecule has 1 aromatic carbocycles. The van der Waals surface area contributed by atoms with E-state index in [4.69, 9.17) is 5.11 Å². The molecule has 2 heterocycles. The van der Waals surface area contributed by atoms with E-state index in [1.54, 1.807) is 23.1 Å². The summed E-state index contributed by atoms with van der Waals surface area (Å²) in [5.41, 5.74) is 2.18. The topological polar surface area (TPSA) is 57.6 Å². The van der Waals surface area contributed by atoms with Gasteiger partial charge in [-0.3, -0.25) is 4.79 Å². The molecule has 0 radical (unpaired) electrons. The van der Waals surface area contributed by atoms with E-state index in [0.29, 0.717) is 18.0 Å². The molecule has 1 aromatic heterocycles. The standard InChI is InChI=1S/C14H10BrNO3S/c15-11-3-4-20-12(11)13(17)16-6-9-2-1-8(14(18)19)5-10(9)7-16/h1-5H,6-7H2,(H,18,19). The summed E-state index contributed by atoms with van der Waals surface area (Å²) in [5.74, 6) is -0.974. The van der Waals surface area contributed by atoms with Gasteiger partial charge in [0.25, 0.3) is 5.91 Å². The van der Waals surface area contributed by atoms with Gasteiger partial charge in [-0.25, -0.2) is 4.79 Å². The molecular weight excluding hydrogens is 342 g/mol. The Morgan fingerprint density at radius 1 is 1.20 bits per heavy atom. The minimum absolute atomic E-state index is 0.0278. The summed E-state index contributed by atoms with van der Waals surface area (Å²) in [7, 11) is 0. The van der Waals surface area contributed by atoms with Crippen molar-refractivity contribution in [2.24, 2.45) is 0 Å². The van der Waals surface area contributed by atoms with Gasteiger partial charge in [-0.1, -0.05) is 6.07 Å². The fourth-order valence-electron chi connectivity index (χ4n) is 2.26. The zero-order valence-electron chi connectivity index (χ0n) is 10.3. The number of thiophene rings is 1. The molecule has 0 unspecified atom stereocenters. The molecule has 0 aliphatic carbocycles. The molecule has 1 amide bonds. The Balaban J connectivity index is 1.85. The highest BCUT2D eigenvalue weighted by atomic mass is 79.9. The molecule has 4 nitrogen and oxygen atoms in total. The lowest BCUT2D eigenvalue weighted by atomic mass is 10.1. The number of aromatic carboxylic acids is 1. The van der Waals surface area contributed by atoms with Gasteiger partial charge in [0.05, 0.1) is 5.56 Å². The Bertz CT molecular complexity index is 710. The van der Waals surface area contributed by atoms with Crippen LogP contribution < -0.4 is 0 Å². The quantitative estimate of drug-likeness (QED) is 0.902. The van der Waals surface area contributed by atoms with Crippen molar-refractivity contribution in [1.29, 1.82) is 0 Å². The van der Waals surface area contributed by atoms with Gasteiger partial charge in [0, 0.05) is 17.6 Å². The van der Waals surface area contributed by atoms with E-state index in [1.165, 1.54) is 11.3 Å². The van der Waals surface area contributed by atoms with Crippen molar-refractivity contribution >= 4 is 39.1 Å². The summed E-state index contributed by atoms with van der Waals surface area (Å²) in [6, 6.07) is 6.86. The van der Waals surface area contributed by atoms with E-state index < -0.39 is 5.97 Å². The Morgan fingerprint density at radius 2 is 1.95 bits per heavy atom. The number of nitrogens with zero attached hydrogens (tertiary/aromatic N) is 1. The molecule has 6 heteroatoms. The van der Waals surface area contributed by atoms with Crippen LogP contribution in [0.25, 0.3) is 0 Å². The molecule has 0 saturated carbocycles. The van der Waals surface area contributed by atoms with Crippen molar-refractivity contribution < 1.29 is 14.7 Å². The van der Waals surface area contributed by atoms with Crippen molar-refractivity contribution in [3.63, 3.8) is 0 Å². The first-order chi connectivity index (χ1) is 9.56. The van der Waals surface area contributed by atoms with Crippen molar-refractivity contribution in [3.05, 3.63) is 55.7 Å². The number of halogens is 1. The van der Waals surface area contributed by atoms with Crippen molar-refractivity contribution in [1.82, 2.24) is 4.90 Å². The van der Waals surface area contributed by atoms with E-state index >= 15 is 0 Å². The average molecular weight is 352 g/mol. The summed E-state index contributed by atoms with van der Waals surface area (Å²) in [6.07, 6.45) is 0. The van der Waals surface area contributed by atoms with Gasteiger partial charge < -0.3 is 10.0 Å². The van der Waals surface area contributed by atoms with Gasteiger partial charge in [0.15, 0.2) is 0 Å². The second-order valence-electron chi connectivity index (χ2n) is 4.55. The lowest BCUT2D eigenvalue weighted by Gasteiger charge is -2.14. The number of carboxylic acid groups (broad SMARTS) is 1. The zero-order chi connectivity index (χ0) is 14.3. The largest absolute Gasteiger partial charge is 0.478 e. The van der Waals surface area contributed by atoms with Gasteiger partial charge in [-0.15, -0.1) is 11.3 Å². The second kappa shape index (κ2) is 5.03. The molecule has 1 aliphatic heterocycles. The third-order valence-electron chi connectivity index (χ3n) is 3.27. The first-order valence-electron chi connectivity index (χ1n) is 5.93. The Morgan fingerprint density at radius 3 is 2.60 bits per heavy atom. The number of rotatable bonds is 2. The Hall–Kier alpha value is -1.66. The number of hydrogen-bond donors (Lipinski definition) is 1. The number of carboxylic acids is 1. The summed E-state index contributed by atoms with van der Waals surface area (Å²) < 4.78 is 0.801. The number of carbonyl (C=O) groups is 2. The van der Waals surface area contributed by atoms with Crippen LogP contribution in [0.3, 0.4) is 0 Å². The maximum absolute atomic E-state index is 12.4. The van der Waals surface area contributed by atoms with Crippen LogP contribution in [0, 0.1) is 0 Å². The van der Waals surface area contributed by atoms with E-state index in [0.717, 1.165) is 15.6 Å². The lowest BCUT2D eigenvalue weighted by Crippen LogP contribution is -2.24. The van der Waals surface area contributed by atoms with Crippen LogP contribution in [-0.4, -0.2) is 21.9 Å². The summed E-state index contributed by atoms with van der Waals surface area (Å²) >= 11 is 4.76. The van der Waals surface area contributed by atoms with E-state index in [1.807, 2.05) is 11.4 Å². The third-order valence-corrected chi connectivity index (χ3v) is 5.10. The number of benzene rings is 1.